The van der Waals surface area contributed by atoms with E-state index in [9.17, 15) is 13.6 Å². The molecule has 0 spiro atoms. The van der Waals surface area contributed by atoms with Crippen LogP contribution in [0.1, 0.15) is 5.69 Å². The third kappa shape index (κ3) is 3.51. The molecule has 0 aliphatic rings. The maximum atomic E-state index is 13.5. The van der Waals surface area contributed by atoms with Gasteiger partial charge in [0, 0.05) is 11.8 Å². The van der Waals surface area contributed by atoms with Gasteiger partial charge in [0.2, 0.25) is 5.91 Å². The molecule has 0 atom stereocenters. The highest BCUT2D eigenvalue weighted by molar-refractivity contribution is 9.10. The van der Waals surface area contributed by atoms with Crippen molar-refractivity contribution >= 4 is 33.2 Å². The first-order valence-corrected chi connectivity index (χ1v) is 6.40. The van der Waals surface area contributed by atoms with Crippen molar-refractivity contribution in [2.75, 3.05) is 11.1 Å². The minimum Gasteiger partial charge on any atom is -0.397 e. The quantitative estimate of drug-likeness (QED) is 0.843. The molecule has 0 radical (unpaired) electrons. The normalized spacial score (nSPS) is 10.3. The van der Waals surface area contributed by atoms with Crippen molar-refractivity contribution in [3.8, 4) is 0 Å². The molecule has 1 heterocycles. The van der Waals surface area contributed by atoms with Gasteiger partial charge in [0.25, 0.3) is 0 Å². The third-order valence-electron chi connectivity index (χ3n) is 2.47. The Bertz CT molecular complexity index is 647. The van der Waals surface area contributed by atoms with Gasteiger partial charge in [-0.2, -0.15) is 0 Å². The molecule has 0 saturated carbocycles. The molecule has 7 heteroatoms. The van der Waals surface area contributed by atoms with Crippen LogP contribution in [0.2, 0.25) is 0 Å². The van der Waals surface area contributed by atoms with Gasteiger partial charge < -0.3 is 11.1 Å². The fourth-order valence-corrected chi connectivity index (χ4v) is 1.86. The van der Waals surface area contributed by atoms with E-state index in [2.05, 4.69) is 26.2 Å². The Morgan fingerprint density at radius 3 is 2.70 bits per heavy atom. The Kier molecular flexibility index (Phi) is 4.29. The Labute approximate surface area is 122 Å². The molecule has 0 fully saturated rings. The molecule has 104 valence electrons. The second-order valence-electron chi connectivity index (χ2n) is 4.05. The molecule has 2 aromatic rings. The molecule has 0 saturated heterocycles. The minimum absolute atomic E-state index is 0.0330. The van der Waals surface area contributed by atoms with Crippen LogP contribution in [0.3, 0.4) is 0 Å². The van der Waals surface area contributed by atoms with Crippen molar-refractivity contribution in [2.24, 2.45) is 0 Å². The summed E-state index contributed by atoms with van der Waals surface area (Å²) >= 11 is 2.93. The number of nitrogens with two attached hydrogens (primary N) is 1. The van der Waals surface area contributed by atoms with Crippen LogP contribution in [0.15, 0.2) is 34.9 Å². The highest BCUT2D eigenvalue weighted by Gasteiger charge is 2.12. The van der Waals surface area contributed by atoms with Crippen LogP contribution in [0.4, 0.5) is 20.2 Å². The van der Waals surface area contributed by atoms with E-state index < -0.39 is 17.5 Å². The molecule has 0 unspecified atom stereocenters. The molecule has 2 rings (SSSR count). The van der Waals surface area contributed by atoms with Crippen LogP contribution < -0.4 is 11.1 Å². The number of aromatic nitrogens is 1. The van der Waals surface area contributed by atoms with Crippen molar-refractivity contribution in [1.29, 1.82) is 0 Å². The number of nitrogen functional groups attached to an aromatic ring is 1. The Morgan fingerprint density at radius 2 is 2.05 bits per heavy atom. The summed E-state index contributed by atoms with van der Waals surface area (Å²) in [5.74, 6) is -2.04. The highest BCUT2D eigenvalue weighted by Crippen LogP contribution is 2.23. The van der Waals surface area contributed by atoms with E-state index in [1.54, 1.807) is 12.1 Å². The molecular weight excluding hydrogens is 332 g/mol. The van der Waals surface area contributed by atoms with E-state index in [0.29, 0.717) is 17.4 Å². The lowest BCUT2D eigenvalue weighted by Crippen LogP contribution is -2.16. The molecule has 4 nitrogen and oxygen atoms in total. The Morgan fingerprint density at radius 1 is 1.30 bits per heavy atom. The molecule has 20 heavy (non-hydrogen) atoms. The zero-order valence-electron chi connectivity index (χ0n) is 10.2. The van der Waals surface area contributed by atoms with Crippen LogP contribution >= 0.6 is 15.9 Å². The van der Waals surface area contributed by atoms with Crippen molar-refractivity contribution < 1.29 is 13.6 Å². The van der Waals surface area contributed by atoms with Gasteiger partial charge in [0.1, 0.15) is 11.6 Å². The van der Waals surface area contributed by atoms with E-state index in [0.717, 1.165) is 0 Å². The highest BCUT2D eigenvalue weighted by atomic mass is 79.9. The number of hydrogen-bond acceptors (Lipinski definition) is 3. The average Bonchev–Trinajstić information content (AvgIpc) is 2.39. The van der Waals surface area contributed by atoms with Gasteiger partial charge in [-0.05, 0) is 34.1 Å². The number of nitrogens with zero attached hydrogens (tertiary/aromatic N) is 1. The van der Waals surface area contributed by atoms with E-state index in [1.165, 1.54) is 12.3 Å². The minimum atomic E-state index is -0.843. The molecule has 0 aliphatic heterocycles. The largest absolute Gasteiger partial charge is 0.397 e. The second-order valence-corrected chi connectivity index (χ2v) is 4.91. The van der Waals surface area contributed by atoms with E-state index in [1.807, 2.05) is 0 Å². The average molecular weight is 342 g/mol. The lowest BCUT2D eigenvalue weighted by molar-refractivity contribution is -0.115. The topological polar surface area (TPSA) is 68.0 Å². The maximum Gasteiger partial charge on any atom is 0.230 e. The number of anilines is 2. The summed E-state index contributed by atoms with van der Waals surface area (Å²) in [5, 5.41) is 2.36. The van der Waals surface area contributed by atoms with Gasteiger partial charge in [-0.1, -0.05) is 0 Å². The first-order chi connectivity index (χ1) is 9.45. The summed E-state index contributed by atoms with van der Waals surface area (Å²) in [5.41, 5.74) is 6.37. The molecule has 1 aromatic carbocycles. The fraction of sp³-hybridized carbons (Fsp3) is 0.0769. The van der Waals surface area contributed by atoms with Crippen molar-refractivity contribution in [3.05, 3.63) is 52.3 Å². The summed E-state index contributed by atoms with van der Waals surface area (Å²) in [6.45, 7) is 0. The number of pyridine rings is 1. The number of rotatable bonds is 3. The van der Waals surface area contributed by atoms with Crippen LogP contribution in [0, 0.1) is 11.6 Å². The molecule has 0 aliphatic carbocycles. The molecular formula is C13H10BrF2N3O. The first-order valence-electron chi connectivity index (χ1n) is 5.60. The van der Waals surface area contributed by atoms with Crippen LogP contribution in [0.5, 0.6) is 0 Å². The number of carbonyl (C=O) groups excluding carboxylic acids is 1. The van der Waals surface area contributed by atoms with Crippen LogP contribution in [0.25, 0.3) is 0 Å². The van der Waals surface area contributed by atoms with Crippen molar-refractivity contribution in [1.82, 2.24) is 4.98 Å². The Balaban J connectivity index is 2.08. The summed E-state index contributed by atoms with van der Waals surface area (Å²) in [4.78, 5) is 15.7. The smallest absolute Gasteiger partial charge is 0.230 e. The van der Waals surface area contributed by atoms with Crippen LogP contribution in [-0.4, -0.2) is 10.9 Å². The lowest BCUT2D eigenvalue weighted by atomic mass is 10.2. The number of benzene rings is 1. The molecule has 0 bridgehead atoms. The fourth-order valence-electron chi connectivity index (χ4n) is 1.52. The standard InChI is InChI=1S/C13H10BrF2N3O/c14-9-4-12(11(16)5-10(9)15)19-13(20)3-8-2-1-7(17)6-18-8/h1-2,4-6H,3,17H2,(H,19,20). The van der Waals surface area contributed by atoms with Crippen molar-refractivity contribution in [2.45, 2.75) is 6.42 Å². The number of hydrogen-bond donors (Lipinski definition) is 2. The summed E-state index contributed by atoms with van der Waals surface area (Å²) < 4.78 is 26.6. The SMILES string of the molecule is Nc1ccc(CC(=O)Nc2cc(Br)c(F)cc2F)nc1. The van der Waals surface area contributed by atoms with Gasteiger partial charge in [0.15, 0.2) is 0 Å². The van der Waals surface area contributed by atoms with Gasteiger partial charge in [-0.3, -0.25) is 9.78 Å². The summed E-state index contributed by atoms with van der Waals surface area (Å²) in [6.07, 6.45) is 1.40. The maximum absolute atomic E-state index is 13.5. The predicted molar refractivity (Wildman–Crippen MR) is 75.0 cm³/mol. The van der Waals surface area contributed by atoms with Crippen molar-refractivity contribution in [3.63, 3.8) is 0 Å². The Hall–Kier alpha value is -2.02. The van der Waals surface area contributed by atoms with E-state index in [4.69, 9.17) is 5.73 Å². The molecule has 1 aromatic heterocycles. The van der Waals surface area contributed by atoms with Gasteiger partial charge in [0.05, 0.1) is 28.5 Å². The predicted octanol–water partition coefficient (Wildman–Crippen LogP) is 2.89. The number of carbonyl (C=O) groups is 1. The summed E-state index contributed by atoms with van der Waals surface area (Å²) in [6, 6.07) is 5.08. The van der Waals surface area contributed by atoms with Crippen LogP contribution in [-0.2, 0) is 11.2 Å². The zero-order valence-corrected chi connectivity index (χ0v) is 11.7. The monoisotopic (exact) mass is 341 g/mol. The molecule has 3 N–H and O–H groups in total. The van der Waals surface area contributed by atoms with Gasteiger partial charge >= 0.3 is 0 Å². The number of amides is 1. The second kappa shape index (κ2) is 5.96. The number of halogens is 3. The summed E-state index contributed by atoms with van der Waals surface area (Å²) in [7, 11) is 0. The number of nitrogens with one attached hydrogen (secondary N) is 1. The third-order valence-corrected chi connectivity index (χ3v) is 3.08. The van der Waals surface area contributed by atoms with Gasteiger partial charge in [-0.25, -0.2) is 8.78 Å². The zero-order chi connectivity index (χ0) is 14.7. The van der Waals surface area contributed by atoms with Gasteiger partial charge in [-0.15, -0.1) is 0 Å². The first kappa shape index (κ1) is 14.4. The molecule has 1 amide bonds. The lowest BCUT2D eigenvalue weighted by Gasteiger charge is -2.07. The van der Waals surface area contributed by atoms with E-state index >= 15 is 0 Å². The van der Waals surface area contributed by atoms with E-state index in [-0.39, 0.29) is 16.6 Å².